The van der Waals surface area contributed by atoms with Crippen LogP contribution in [0.25, 0.3) is 0 Å². The van der Waals surface area contributed by atoms with Gasteiger partial charge in [0.05, 0.1) is 0 Å². The molecule has 0 heterocycles. The molecule has 29 heavy (non-hydrogen) atoms. The second-order valence-electron chi connectivity index (χ2n) is 12.1. The van der Waals surface area contributed by atoms with Crippen LogP contribution >= 0.6 is 0 Å². The molecule has 8 atom stereocenters. The summed E-state index contributed by atoms with van der Waals surface area (Å²) in [5.74, 6) is 7.12. The predicted molar refractivity (Wildman–Crippen MR) is 126 cm³/mol. The van der Waals surface area contributed by atoms with Crippen molar-refractivity contribution in [3.05, 3.63) is 34.9 Å². The standard InChI is InChI=1S/C29H46/c1-18(2)22(6)20(4)17-21(5)27-13-14-28-26-12-11-23-19(3)9-8-10-24(23)25(26)15-16-29(27,28)7/h8-10,18,20-22,25-28H,11-17H2,1-7H3/t20-,21+,22+,25+,26+,27+,28-,29+/m0/s1. The highest BCUT2D eigenvalue weighted by molar-refractivity contribution is 5.40. The maximum absolute atomic E-state index is 2.71. The highest BCUT2D eigenvalue weighted by Gasteiger charge is 2.55. The van der Waals surface area contributed by atoms with Crippen LogP contribution in [0.1, 0.15) is 103 Å². The summed E-state index contributed by atoms with van der Waals surface area (Å²) < 4.78 is 0. The van der Waals surface area contributed by atoms with Gasteiger partial charge in [0.1, 0.15) is 0 Å². The van der Waals surface area contributed by atoms with Gasteiger partial charge in [-0.3, -0.25) is 0 Å². The second-order valence-corrected chi connectivity index (χ2v) is 12.1. The molecule has 0 spiro atoms. The Morgan fingerprint density at radius 2 is 1.76 bits per heavy atom. The van der Waals surface area contributed by atoms with E-state index in [0.29, 0.717) is 5.41 Å². The Morgan fingerprint density at radius 3 is 2.48 bits per heavy atom. The van der Waals surface area contributed by atoms with Crippen molar-refractivity contribution >= 4 is 0 Å². The summed E-state index contributed by atoms with van der Waals surface area (Å²) >= 11 is 0. The molecule has 4 rings (SSSR count). The summed E-state index contributed by atoms with van der Waals surface area (Å²) in [7, 11) is 0. The molecule has 2 saturated carbocycles. The molecule has 0 bridgehead atoms. The lowest BCUT2D eigenvalue weighted by atomic mass is 9.52. The molecule has 1 aromatic rings. The van der Waals surface area contributed by atoms with Crippen molar-refractivity contribution < 1.29 is 0 Å². The smallest absolute Gasteiger partial charge is 0.0128 e. The minimum atomic E-state index is 0.600. The first-order chi connectivity index (χ1) is 13.7. The van der Waals surface area contributed by atoms with Crippen LogP contribution in [0.4, 0.5) is 0 Å². The highest BCUT2D eigenvalue weighted by atomic mass is 14.6. The zero-order valence-electron chi connectivity index (χ0n) is 20.3. The van der Waals surface area contributed by atoms with E-state index in [0.717, 1.165) is 47.3 Å². The molecule has 1 aromatic carbocycles. The van der Waals surface area contributed by atoms with E-state index in [9.17, 15) is 0 Å². The van der Waals surface area contributed by atoms with Gasteiger partial charge in [-0.05, 0) is 121 Å². The van der Waals surface area contributed by atoms with Crippen LogP contribution in [0.15, 0.2) is 18.2 Å². The molecule has 0 unspecified atom stereocenters. The monoisotopic (exact) mass is 394 g/mol. The summed E-state index contributed by atoms with van der Waals surface area (Å²) in [4.78, 5) is 0. The molecule has 0 amide bonds. The Balaban J connectivity index is 1.51. The van der Waals surface area contributed by atoms with Gasteiger partial charge in [-0.15, -0.1) is 0 Å². The Labute approximate surface area is 181 Å². The Kier molecular flexibility index (Phi) is 5.95. The van der Waals surface area contributed by atoms with Crippen molar-refractivity contribution in [2.24, 2.45) is 46.8 Å². The number of rotatable bonds is 5. The number of aryl methyl sites for hydroxylation is 1. The van der Waals surface area contributed by atoms with Crippen molar-refractivity contribution in [2.75, 3.05) is 0 Å². The highest BCUT2D eigenvalue weighted by Crippen LogP contribution is 2.64. The molecule has 0 aliphatic heterocycles. The molecular weight excluding hydrogens is 348 g/mol. The zero-order chi connectivity index (χ0) is 20.9. The number of hydrogen-bond donors (Lipinski definition) is 0. The molecule has 0 saturated heterocycles. The van der Waals surface area contributed by atoms with Crippen molar-refractivity contribution in [1.29, 1.82) is 0 Å². The van der Waals surface area contributed by atoms with Gasteiger partial charge >= 0.3 is 0 Å². The van der Waals surface area contributed by atoms with Crippen molar-refractivity contribution in [3.8, 4) is 0 Å². The lowest BCUT2D eigenvalue weighted by Gasteiger charge is -2.52. The normalized spacial score (nSPS) is 36.8. The molecule has 3 aliphatic rings. The van der Waals surface area contributed by atoms with Crippen LogP contribution in [0.5, 0.6) is 0 Å². The number of benzene rings is 1. The summed E-state index contributed by atoms with van der Waals surface area (Å²) in [6, 6.07) is 7.13. The predicted octanol–water partition coefficient (Wildman–Crippen LogP) is 8.42. The van der Waals surface area contributed by atoms with Gasteiger partial charge in [-0.25, -0.2) is 0 Å². The minimum absolute atomic E-state index is 0.600. The van der Waals surface area contributed by atoms with Gasteiger partial charge < -0.3 is 0 Å². The van der Waals surface area contributed by atoms with E-state index < -0.39 is 0 Å². The Morgan fingerprint density at radius 1 is 1.00 bits per heavy atom. The first kappa shape index (κ1) is 21.5. The zero-order valence-corrected chi connectivity index (χ0v) is 20.3. The third-order valence-corrected chi connectivity index (χ3v) is 10.5. The molecule has 0 heteroatoms. The maximum atomic E-state index is 2.71. The van der Waals surface area contributed by atoms with Crippen LogP contribution < -0.4 is 0 Å². The van der Waals surface area contributed by atoms with E-state index in [4.69, 9.17) is 0 Å². The summed E-state index contributed by atoms with van der Waals surface area (Å²) in [5, 5.41) is 0. The average Bonchev–Trinajstić information content (AvgIpc) is 3.04. The molecule has 0 aromatic heterocycles. The van der Waals surface area contributed by atoms with E-state index >= 15 is 0 Å². The Bertz CT molecular complexity index is 715. The molecule has 0 radical (unpaired) electrons. The van der Waals surface area contributed by atoms with E-state index in [1.54, 1.807) is 16.7 Å². The summed E-state index contributed by atoms with van der Waals surface area (Å²) in [6.45, 7) is 17.5. The molecule has 0 N–H and O–H groups in total. The fraction of sp³-hybridized carbons (Fsp3) is 0.793. The van der Waals surface area contributed by atoms with E-state index in [2.05, 4.69) is 66.7 Å². The quantitative estimate of drug-likeness (QED) is 0.470. The van der Waals surface area contributed by atoms with Gasteiger partial charge in [0.15, 0.2) is 0 Å². The van der Waals surface area contributed by atoms with E-state index in [1.807, 2.05) is 0 Å². The third kappa shape index (κ3) is 3.61. The van der Waals surface area contributed by atoms with Crippen LogP contribution in [0, 0.1) is 53.8 Å². The lowest BCUT2D eigenvalue weighted by Crippen LogP contribution is -2.43. The van der Waals surface area contributed by atoms with Gasteiger partial charge in [0.25, 0.3) is 0 Å². The average molecular weight is 395 g/mol. The first-order valence-corrected chi connectivity index (χ1v) is 12.8. The SMILES string of the molecule is Cc1cccc2c1CC[C@@H]1[C@@H]2CC[C@]2(C)[C@@H]([C@H](C)C[C@H](C)[C@H](C)C(C)C)CC[C@@H]12. The van der Waals surface area contributed by atoms with Gasteiger partial charge in [-0.2, -0.15) is 0 Å². The first-order valence-electron chi connectivity index (χ1n) is 12.8. The fourth-order valence-electron chi connectivity index (χ4n) is 8.40. The molecule has 3 aliphatic carbocycles. The van der Waals surface area contributed by atoms with Gasteiger partial charge in [0, 0.05) is 0 Å². The summed E-state index contributed by atoms with van der Waals surface area (Å²) in [6.07, 6.45) is 10.1. The number of fused-ring (bicyclic) bond motifs is 5. The van der Waals surface area contributed by atoms with Crippen LogP contribution in [0.3, 0.4) is 0 Å². The van der Waals surface area contributed by atoms with Gasteiger partial charge in [0.2, 0.25) is 0 Å². The molecule has 0 nitrogen and oxygen atoms in total. The van der Waals surface area contributed by atoms with Crippen LogP contribution in [-0.2, 0) is 6.42 Å². The summed E-state index contributed by atoms with van der Waals surface area (Å²) in [5.41, 5.74) is 5.58. The number of hydrogen-bond acceptors (Lipinski definition) is 0. The topological polar surface area (TPSA) is 0 Å². The van der Waals surface area contributed by atoms with Crippen LogP contribution in [-0.4, -0.2) is 0 Å². The molecule has 162 valence electrons. The maximum Gasteiger partial charge on any atom is -0.0128 e. The van der Waals surface area contributed by atoms with Crippen molar-refractivity contribution in [3.63, 3.8) is 0 Å². The van der Waals surface area contributed by atoms with E-state index in [1.165, 1.54) is 44.9 Å². The van der Waals surface area contributed by atoms with Crippen molar-refractivity contribution in [2.45, 2.75) is 99.3 Å². The lowest BCUT2D eigenvalue weighted by molar-refractivity contribution is 0.00608. The largest absolute Gasteiger partial charge is 0.0625 e. The minimum Gasteiger partial charge on any atom is -0.0625 e. The second kappa shape index (κ2) is 8.05. The fourth-order valence-corrected chi connectivity index (χ4v) is 8.40. The van der Waals surface area contributed by atoms with E-state index in [-0.39, 0.29) is 0 Å². The molecular formula is C29H46. The van der Waals surface area contributed by atoms with Crippen LogP contribution in [0.2, 0.25) is 0 Å². The molecule has 2 fully saturated rings. The third-order valence-electron chi connectivity index (χ3n) is 10.5. The Hall–Kier alpha value is -0.780. The van der Waals surface area contributed by atoms with Crippen molar-refractivity contribution in [1.82, 2.24) is 0 Å². The van der Waals surface area contributed by atoms with Gasteiger partial charge in [-0.1, -0.05) is 59.7 Å².